The lowest BCUT2D eigenvalue weighted by Crippen LogP contribution is -2.71. The summed E-state index contributed by atoms with van der Waals surface area (Å²) in [5.74, 6) is -0.372. The highest BCUT2D eigenvalue weighted by Crippen LogP contribution is 2.54. The lowest BCUT2D eigenvalue weighted by Gasteiger charge is -2.57. The third-order valence-corrected chi connectivity index (χ3v) is 40.2. The van der Waals surface area contributed by atoms with Crippen molar-refractivity contribution in [2.75, 3.05) is 0 Å². The van der Waals surface area contributed by atoms with Gasteiger partial charge in [0.1, 0.15) is 0 Å². The maximum Gasteiger partial charge on any atom is 0.398 e. The van der Waals surface area contributed by atoms with Gasteiger partial charge in [-0.25, -0.2) is 4.79 Å². The molecule has 0 rings (SSSR count). The highest BCUT2D eigenvalue weighted by atomic mass is 28.5. The Morgan fingerprint density at radius 2 is 0.583 bits per heavy atom. The predicted octanol–water partition coefficient (Wildman–Crippen LogP) is 13.4. The highest BCUT2D eigenvalue weighted by molar-refractivity contribution is 6.95. The molecule has 286 valence electrons. The van der Waals surface area contributed by atoms with Crippen LogP contribution in [0.15, 0.2) is 12.2 Å². The number of carbonyl (C=O) groups excluding carboxylic acids is 1. The molecule has 0 aromatic heterocycles. The second kappa shape index (κ2) is 18.3. The Bertz CT molecular complexity index is 966. The molecule has 0 bridgehead atoms. The highest BCUT2D eigenvalue weighted by Gasteiger charge is 2.66. The van der Waals surface area contributed by atoms with Gasteiger partial charge in [-0.1, -0.05) is 159 Å². The Balaban J connectivity index is 8.10. The van der Waals surface area contributed by atoms with Crippen LogP contribution in [-0.2, 0) is 25.7 Å². The fourth-order valence-electron chi connectivity index (χ4n) is 8.25. The molecule has 0 amide bonds. The minimum atomic E-state index is -3.21. The van der Waals surface area contributed by atoms with Crippen molar-refractivity contribution in [2.24, 2.45) is 0 Å². The third-order valence-electron chi connectivity index (χ3n) is 11.0. The van der Waals surface area contributed by atoms with Gasteiger partial charge in [0.25, 0.3) is 0 Å². The lowest BCUT2D eigenvalue weighted by atomic mass is 10.4. The normalized spacial score (nSPS) is 14.6. The van der Waals surface area contributed by atoms with Crippen LogP contribution in [0.5, 0.6) is 0 Å². The lowest BCUT2D eigenvalue weighted by molar-refractivity contribution is -0.132. The van der Waals surface area contributed by atoms with E-state index in [0.29, 0.717) is 22.2 Å². The van der Waals surface area contributed by atoms with E-state index in [1.807, 2.05) is 0 Å². The fraction of sp³-hybridized carbons (Fsp3) is 0.919. The second-order valence-electron chi connectivity index (χ2n) is 18.0. The Morgan fingerprint density at radius 1 is 0.375 bits per heavy atom. The van der Waals surface area contributed by atoms with Crippen molar-refractivity contribution < 1.29 is 25.7 Å². The van der Waals surface area contributed by atoms with E-state index in [1.165, 1.54) is 0 Å². The van der Waals surface area contributed by atoms with Gasteiger partial charge in [0.05, 0.1) is 0 Å². The van der Waals surface area contributed by atoms with Gasteiger partial charge in [0.15, 0.2) is 8.32 Å². The molecule has 0 aliphatic rings. The summed E-state index contributed by atoms with van der Waals surface area (Å²) in [6.07, 6.45) is 0. The maximum atomic E-state index is 13.3. The Kier molecular flexibility index (Phi) is 18.3. The first-order valence-electron chi connectivity index (χ1n) is 19.2. The molecule has 0 atom stereocenters. The molecule has 0 heterocycles. The van der Waals surface area contributed by atoms with Crippen LogP contribution in [0.3, 0.4) is 0 Å². The summed E-state index contributed by atoms with van der Waals surface area (Å²) >= 11 is 0. The first-order chi connectivity index (χ1) is 21.5. The SMILES string of the molecule is C=C(C)C(=O)O[Si](O[Si](O[Si](O[Si](O[Si](C(C)C)(C(C)C)C(C)C)(C(C)C)C(C)C)(C(C)C)C(C)C)(C(C)C)C(C)C)(C(C)C)C(C)C. The van der Waals surface area contributed by atoms with E-state index in [-0.39, 0.29) is 50.3 Å². The summed E-state index contributed by atoms with van der Waals surface area (Å²) in [5.41, 5.74) is 2.64. The minimum Gasteiger partial charge on any atom is -0.491 e. The van der Waals surface area contributed by atoms with Crippen molar-refractivity contribution in [3.8, 4) is 0 Å². The summed E-state index contributed by atoms with van der Waals surface area (Å²) < 4.78 is 38.4. The molecule has 0 spiro atoms. The summed E-state index contributed by atoms with van der Waals surface area (Å²) in [4.78, 5) is 13.3. The van der Waals surface area contributed by atoms with Crippen molar-refractivity contribution >= 4 is 48.5 Å². The number of hydrogen-bond donors (Lipinski definition) is 0. The predicted molar refractivity (Wildman–Crippen MR) is 220 cm³/mol. The molecule has 0 saturated carbocycles. The molecule has 6 nitrogen and oxygen atoms in total. The van der Waals surface area contributed by atoms with Crippen LogP contribution in [-0.4, -0.2) is 48.5 Å². The van der Waals surface area contributed by atoms with E-state index in [1.54, 1.807) is 6.92 Å². The van der Waals surface area contributed by atoms with Crippen LogP contribution in [0.1, 0.15) is 159 Å². The summed E-state index contributed by atoms with van der Waals surface area (Å²) in [6.45, 7) is 55.9. The van der Waals surface area contributed by atoms with E-state index in [9.17, 15) is 4.79 Å². The molecule has 0 aromatic carbocycles. The van der Waals surface area contributed by atoms with E-state index in [4.69, 9.17) is 20.9 Å². The maximum absolute atomic E-state index is 13.3. The van der Waals surface area contributed by atoms with E-state index >= 15 is 0 Å². The molecule has 0 saturated heterocycles. The summed E-state index contributed by atoms with van der Waals surface area (Å²) in [5, 5.41) is 0. The molecular formula is C37H82O6Si5. The summed E-state index contributed by atoms with van der Waals surface area (Å²) in [6, 6.07) is 0. The van der Waals surface area contributed by atoms with Crippen LogP contribution < -0.4 is 0 Å². The topological polar surface area (TPSA) is 63.2 Å². The van der Waals surface area contributed by atoms with Crippen LogP contribution in [0.4, 0.5) is 0 Å². The van der Waals surface area contributed by atoms with E-state index < -0.39 is 42.6 Å². The molecule has 0 aliphatic carbocycles. The largest absolute Gasteiger partial charge is 0.491 e. The smallest absolute Gasteiger partial charge is 0.398 e. The van der Waals surface area contributed by atoms with Crippen molar-refractivity contribution in [3.05, 3.63) is 12.2 Å². The Hall–Kier alpha value is 0.134. The quantitative estimate of drug-likeness (QED) is 0.0857. The average molecular weight is 763 g/mol. The number of carbonyl (C=O) groups is 1. The zero-order valence-corrected chi connectivity index (χ0v) is 41.0. The van der Waals surface area contributed by atoms with Gasteiger partial charge >= 0.3 is 40.2 Å². The number of rotatable bonds is 21. The minimum absolute atomic E-state index is 0.0155. The van der Waals surface area contributed by atoms with Gasteiger partial charge in [0, 0.05) is 16.7 Å². The third kappa shape index (κ3) is 9.56. The van der Waals surface area contributed by atoms with Gasteiger partial charge in [-0.2, -0.15) is 0 Å². The van der Waals surface area contributed by atoms with Crippen molar-refractivity contribution in [1.29, 1.82) is 0 Å². The molecule has 0 aromatic rings. The van der Waals surface area contributed by atoms with Crippen LogP contribution >= 0.6 is 0 Å². The molecule has 0 aliphatic heterocycles. The zero-order valence-electron chi connectivity index (χ0n) is 36.0. The first-order valence-corrected chi connectivity index (χ1v) is 29.3. The standard InChI is InChI=1S/C37H82O6Si5/c1-25(2)37(38)39-45(29(9)10,30(11)12)41-47(33(17)18,34(19)20)43-48(35(21)22,36(23)24)42-46(31(13)14,32(15)16)40-44(26(3)4,27(5)6)28(7)8/h26-36H,1H2,2-24H3. The van der Waals surface area contributed by atoms with Crippen molar-refractivity contribution in [1.82, 2.24) is 0 Å². The van der Waals surface area contributed by atoms with E-state index in [2.05, 4.69) is 159 Å². The first kappa shape index (κ1) is 48.1. The zero-order chi connectivity index (χ0) is 38.5. The summed E-state index contributed by atoms with van der Waals surface area (Å²) in [7, 11) is -14.9. The second-order valence-corrected chi connectivity index (χ2v) is 41.7. The van der Waals surface area contributed by atoms with Gasteiger partial charge in [-0.05, 0) is 56.8 Å². The van der Waals surface area contributed by atoms with Crippen molar-refractivity contribution in [2.45, 2.75) is 220 Å². The fourth-order valence-corrected chi connectivity index (χ4v) is 44.5. The van der Waals surface area contributed by atoms with Gasteiger partial charge in [-0.3, -0.25) is 0 Å². The van der Waals surface area contributed by atoms with Gasteiger partial charge < -0.3 is 20.9 Å². The number of hydrogen-bond acceptors (Lipinski definition) is 6. The van der Waals surface area contributed by atoms with E-state index in [0.717, 1.165) is 0 Å². The monoisotopic (exact) mass is 762 g/mol. The van der Waals surface area contributed by atoms with Crippen LogP contribution in [0.2, 0.25) is 61.0 Å². The average Bonchev–Trinajstić information content (AvgIpc) is 2.91. The molecule has 0 fully saturated rings. The Morgan fingerprint density at radius 3 is 0.771 bits per heavy atom. The molecule has 48 heavy (non-hydrogen) atoms. The van der Waals surface area contributed by atoms with Gasteiger partial charge in [0.2, 0.25) is 0 Å². The molecule has 0 unspecified atom stereocenters. The van der Waals surface area contributed by atoms with Gasteiger partial charge in [-0.15, -0.1) is 0 Å². The van der Waals surface area contributed by atoms with Crippen LogP contribution in [0, 0.1) is 0 Å². The molecule has 0 radical (unpaired) electrons. The Labute approximate surface area is 305 Å². The molecule has 0 N–H and O–H groups in total. The molecular weight excluding hydrogens is 681 g/mol. The molecule has 11 heteroatoms. The van der Waals surface area contributed by atoms with Crippen molar-refractivity contribution in [3.63, 3.8) is 0 Å². The van der Waals surface area contributed by atoms with Crippen LogP contribution in [0.25, 0.3) is 0 Å².